The Kier molecular flexibility index (Phi) is 4.24. The van der Waals surface area contributed by atoms with E-state index in [2.05, 4.69) is 5.32 Å². The average Bonchev–Trinajstić information content (AvgIpc) is 2.69. The van der Waals surface area contributed by atoms with Crippen LogP contribution in [0.1, 0.15) is 33.6 Å². The topological polar surface area (TPSA) is 75.7 Å². The molecule has 3 atom stereocenters. The Labute approximate surface area is 124 Å². The van der Waals surface area contributed by atoms with Crippen LogP contribution in [0.15, 0.2) is 0 Å². The number of fused-ring (bicyclic) bond motifs is 1. The number of amides is 1. The van der Waals surface area contributed by atoms with Crippen molar-refractivity contribution < 1.29 is 17.9 Å². The van der Waals surface area contributed by atoms with Gasteiger partial charge in [0.2, 0.25) is 0 Å². The summed E-state index contributed by atoms with van der Waals surface area (Å²) < 4.78 is 29.1. The number of nitrogens with one attached hydrogen (secondary N) is 1. The van der Waals surface area contributed by atoms with Gasteiger partial charge in [-0.1, -0.05) is 0 Å². The predicted octanol–water partition coefficient (Wildman–Crippen LogP) is 1.71. The second kappa shape index (κ2) is 5.35. The second-order valence-corrected chi connectivity index (χ2v) is 9.10. The quantitative estimate of drug-likeness (QED) is 0.784. The van der Waals surface area contributed by atoms with Crippen LogP contribution in [-0.2, 0) is 14.0 Å². The largest absolute Gasteiger partial charge is 0.444 e. The number of carbonyl (C=O) groups is 1. The van der Waals surface area contributed by atoms with Crippen molar-refractivity contribution in [2.45, 2.75) is 45.3 Å². The van der Waals surface area contributed by atoms with Crippen LogP contribution in [0.4, 0.5) is 4.79 Å². The Morgan fingerprint density at radius 2 is 1.75 bits per heavy atom. The maximum Gasteiger partial charge on any atom is 0.407 e. The molecule has 1 unspecified atom stereocenters. The Bertz CT molecular complexity index is 474. The molecule has 1 aliphatic carbocycles. The molecule has 2 aliphatic rings. The fourth-order valence-corrected chi connectivity index (χ4v) is 4.10. The summed E-state index contributed by atoms with van der Waals surface area (Å²) in [6, 6.07) is 0.0556. The van der Waals surface area contributed by atoms with E-state index in [1.807, 2.05) is 20.8 Å². The zero-order valence-electron chi connectivity index (χ0n) is 11.9. The number of halogens is 1. The summed E-state index contributed by atoms with van der Waals surface area (Å²) in [5.74, 6) is 0.534. The molecule has 2 fully saturated rings. The summed E-state index contributed by atoms with van der Waals surface area (Å²) in [5, 5.41) is 2.86. The number of hydrogen-bond acceptors (Lipinski definition) is 4. The van der Waals surface area contributed by atoms with Crippen molar-refractivity contribution in [2.24, 2.45) is 11.8 Å². The van der Waals surface area contributed by atoms with Gasteiger partial charge in [-0.25, -0.2) is 4.79 Å². The van der Waals surface area contributed by atoms with Crippen LogP contribution in [0.5, 0.6) is 0 Å². The molecule has 1 heterocycles. The highest BCUT2D eigenvalue weighted by atomic mass is 35.7. The molecule has 0 radical (unpaired) electrons. The maximum atomic E-state index is 11.7. The molecule has 6 nitrogen and oxygen atoms in total. The van der Waals surface area contributed by atoms with E-state index in [1.165, 1.54) is 4.31 Å². The van der Waals surface area contributed by atoms with Crippen LogP contribution in [0.25, 0.3) is 0 Å². The molecule has 0 aromatic rings. The standard InChI is InChI=1S/C12H21ClN2O4S/c1-12(2,3)19-11(16)14-10-4-8-6-15(20(13,17)18)7-9(8)5-10/h8-10H,4-7H2,1-3H3,(H,14,16)/t8-,9+,10?. The van der Waals surface area contributed by atoms with E-state index < -0.39 is 20.9 Å². The van der Waals surface area contributed by atoms with Crippen molar-refractivity contribution in [3.05, 3.63) is 0 Å². The van der Waals surface area contributed by atoms with Gasteiger partial charge in [0, 0.05) is 29.8 Å². The van der Waals surface area contributed by atoms with Gasteiger partial charge >= 0.3 is 6.09 Å². The third-order valence-corrected chi connectivity index (χ3v) is 5.25. The molecular weight excluding hydrogens is 304 g/mol. The molecule has 2 rings (SSSR count). The number of alkyl carbamates (subject to hydrolysis) is 1. The van der Waals surface area contributed by atoms with E-state index in [4.69, 9.17) is 15.4 Å². The fraction of sp³-hybridized carbons (Fsp3) is 0.917. The average molecular weight is 325 g/mol. The third kappa shape index (κ3) is 3.99. The molecule has 0 aromatic carbocycles. The number of nitrogens with zero attached hydrogens (tertiary/aromatic N) is 1. The number of ether oxygens (including phenoxy) is 1. The van der Waals surface area contributed by atoms with Crippen molar-refractivity contribution in [3.8, 4) is 0 Å². The molecule has 1 aliphatic heterocycles. The van der Waals surface area contributed by atoms with Crippen LogP contribution >= 0.6 is 10.7 Å². The molecule has 1 saturated heterocycles. The first-order valence-corrected chi connectivity index (χ1v) is 9.00. The van der Waals surface area contributed by atoms with E-state index in [-0.39, 0.29) is 17.9 Å². The minimum absolute atomic E-state index is 0.0556. The molecule has 1 amide bonds. The van der Waals surface area contributed by atoms with Crippen molar-refractivity contribution in [1.82, 2.24) is 9.62 Å². The van der Waals surface area contributed by atoms with Crippen molar-refractivity contribution in [1.29, 1.82) is 0 Å². The number of hydrogen-bond donors (Lipinski definition) is 1. The van der Waals surface area contributed by atoms with Crippen LogP contribution < -0.4 is 5.32 Å². The zero-order valence-corrected chi connectivity index (χ0v) is 13.5. The summed E-state index contributed by atoms with van der Waals surface area (Å²) in [4.78, 5) is 11.7. The Balaban J connectivity index is 1.83. The lowest BCUT2D eigenvalue weighted by Crippen LogP contribution is -2.39. The van der Waals surface area contributed by atoms with E-state index in [0.717, 1.165) is 12.8 Å². The lowest BCUT2D eigenvalue weighted by Gasteiger charge is -2.22. The van der Waals surface area contributed by atoms with Gasteiger partial charge in [0.1, 0.15) is 5.60 Å². The van der Waals surface area contributed by atoms with Gasteiger partial charge in [-0.05, 0) is 45.4 Å². The Hall–Kier alpha value is -0.530. The lowest BCUT2D eigenvalue weighted by atomic mass is 10.0. The van der Waals surface area contributed by atoms with Gasteiger partial charge in [0.25, 0.3) is 9.24 Å². The van der Waals surface area contributed by atoms with E-state index in [9.17, 15) is 13.2 Å². The van der Waals surface area contributed by atoms with Crippen molar-refractivity contribution >= 4 is 26.0 Å². The van der Waals surface area contributed by atoms with Gasteiger partial charge in [0.05, 0.1) is 0 Å². The zero-order chi connectivity index (χ0) is 15.1. The smallest absolute Gasteiger partial charge is 0.407 e. The first-order chi connectivity index (χ1) is 9.04. The van der Waals surface area contributed by atoms with Crippen LogP contribution in [-0.4, -0.2) is 43.5 Å². The maximum absolute atomic E-state index is 11.7. The van der Waals surface area contributed by atoms with Crippen LogP contribution in [0.3, 0.4) is 0 Å². The lowest BCUT2D eigenvalue weighted by molar-refractivity contribution is 0.0503. The summed E-state index contributed by atoms with van der Waals surface area (Å²) in [6.45, 7) is 6.35. The first-order valence-electron chi connectivity index (χ1n) is 6.74. The molecule has 0 aromatic heterocycles. The monoisotopic (exact) mass is 324 g/mol. The van der Waals surface area contributed by atoms with E-state index in [0.29, 0.717) is 13.1 Å². The molecule has 8 heteroatoms. The van der Waals surface area contributed by atoms with Crippen molar-refractivity contribution in [3.63, 3.8) is 0 Å². The SMILES string of the molecule is CC(C)(C)OC(=O)NC1C[C@@H]2CN(S(=O)(=O)Cl)C[C@@H]2C1. The second-order valence-electron chi connectivity index (χ2n) is 6.59. The van der Waals surface area contributed by atoms with Gasteiger partial charge in [0.15, 0.2) is 0 Å². The molecular formula is C12H21ClN2O4S. The fourth-order valence-electron chi connectivity index (χ4n) is 3.03. The highest BCUT2D eigenvalue weighted by Gasteiger charge is 2.44. The normalized spacial score (nSPS) is 31.1. The Morgan fingerprint density at radius 1 is 1.25 bits per heavy atom. The van der Waals surface area contributed by atoms with E-state index >= 15 is 0 Å². The number of carbonyl (C=O) groups excluding carboxylic acids is 1. The molecule has 20 heavy (non-hydrogen) atoms. The van der Waals surface area contributed by atoms with Crippen LogP contribution in [0.2, 0.25) is 0 Å². The summed E-state index contributed by atoms with van der Waals surface area (Å²) in [6.07, 6.45) is 1.13. The molecule has 0 bridgehead atoms. The van der Waals surface area contributed by atoms with Crippen LogP contribution in [0, 0.1) is 11.8 Å². The van der Waals surface area contributed by atoms with Gasteiger partial charge in [-0.2, -0.15) is 12.7 Å². The predicted molar refractivity (Wildman–Crippen MR) is 75.7 cm³/mol. The molecule has 1 N–H and O–H groups in total. The highest BCUT2D eigenvalue weighted by Crippen LogP contribution is 2.39. The first kappa shape index (κ1) is 15.9. The molecule has 116 valence electrons. The van der Waals surface area contributed by atoms with Crippen molar-refractivity contribution in [2.75, 3.05) is 13.1 Å². The minimum atomic E-state index is -3.62. The van der Waals surface area contributed by atoms with Gasteiger partial charge in [-0.15, -0.1) is 0 Å². The van der Waals surface area contributed by atoms with Gasteiger partial charge < -0.3 is 10.1 Å². The molecule has 0 spiro atoms. The molecule has 1 saturated carbocycles. The van der Waals surface area contributed by atoms with E-state index in [1.54, 1.807) is 0 Å². The third-order valence-electron chi connectivity index (χ3n) is 3.75. The summed E-state index contributed by atoms with van der Waals surface area (Å²) in [5.41, 5.74) is -0.512. The Morgan fingerprint density at radius 3 is 2.15 bits per heavy atom. The van der Waals surface area contributed by atoms with Gasteiger partial charge in [-0.3, -0.25) is 0 Å². The highest BCUT2D eigenvalue weighted by molar-refractivity contribution is 8.11. The number of rotatable bonds is 2. The summed E-state index contributed by atoms with van der Waals surface area (Å²) in [7, 11) is 1.74. The summed E-state index contributed by atoms with van der Waals surface area (Å²) >= 11 is 0. The minimum Gasteiger partial charge on any atom is -0.444 e.